The molecule has 5 nitrogen and oxygen atoms in total. The van der Waals surface area contributed by atoms with Gasteiger partial charge >= 0.3 is 5.97 Å². The molecule has 1 amide bonds. The van der Waals surface area contributed by atoms with Crippen molar-refractivity contribution in [2.75, 3.05) is 19.6 Å². The lowest BCUT2D eigenvalue weighted by Gasteiger charge is -2.03. The molecule has 0 unspecified atom stereocenters. The lowest BCUT2D eigenvalue weighted by molar-refractivity contribution is -0.137. The fourth-order valence-corrected chi connectivity index (χ4v) is 0.740. The number of hydrogen-bond donors (Lipinski definition) is 3. The standard InChI is InChI=1S/C8H16N2O3/c1-2-3-4-9-5-7(11)10-6-8(12)13/h9H,2-6H2,1H3,(H,10,11)(H,12,13). The molecule has 0 saturated carbocycles. The van der Waals surface area contributed by atoms with Crippen LogP contribution in [0.5, 0.6) is 0 Å². The topological polar surface area (TPSA) is 78.4 Å². The Hall–Kier alpha value is -1.10. The van der Waals surface area contributed by atoms with Crippen LogP contribution in [0.25, 0.3) is 0 Å². The minimum Gasteiger partial charge on any atom is -0.480 e. The fourth-order valence-electron chi connectivity index (χ4n) is 0.740. The highest BCUT2D eigenvalue weighted by Gasteiger charge is 2.01. The van der Waals surface area contributed by atoms with Gasteiger partial charge < -0.3 is 15.7 Å². The molecule has 0 aromatic carbocycles. The summed E-state index contributed by atoms with van der Waals surface area (Å²) in [4.78, 5) is 20.9. The first-order valence-electron chi connectivity index (χ1n) is 4.36. The largest absolute Gasteiger partial charge is 0.480 e. The van der Waals surface area contributed by atoms with Crippen LogP contribution in [0.4, 0.5) is 0 Å². The SMILES string of the molecule is CCCCNCC(=O)NCC(=O)O. The van der Waals surface area contributed by atoms with Crippen LogP contribution < -0.4 is 10.6 Å². The van der Waals surface area contributed by atoms with Crippen molar-refractivity contribution in [3.05, 3.63) is 0 Å². The minimum atomic E-state index is -1.03. The van der Waals surface area contributed by atoms with E-state index in [1.807, 2.05) is 0 Å². The third kappa shape index (κ3) is 8.81. The van der Waals surface area contributed by atoms with E-state index in [1.54, 1.807) is 0 Å². The van der Waals surface area contributed by atoms with E-state index in [-0.39, 0.29) is 19.0 Å². The number of carbonyl (C=O) groups excluding carboxylic acids is 1. The number of nitrogens with one attached hydrogen (secondary N) is 2. The van der Waals surface area contributed by atoms with Crippen molar-refractivity contribution in [3.8, 4) is 0 Å². The van der Waals surface area contributed by atoms with Gasteiger partial charge in [-0.05, 0) is 13.0 Å². The molecule has 0 atom stereocenters. The zero-order valence-electron chi connectivity index (χ0n) is 7.80. The average Bonchev–Trinajstić information content (AvgIpc) is 2.09. The Balaban J connectivity index is 3.25. The number of rotatable bonds is 7. The van der Waals surface area contributed by atoms with Gasteiger partial charge in [0, 0.05) is 0 Å². The molecule has 0 bridgehead atoms. The fraction of sp³-hybridized carbons (Fsp3) is 0.750. The first-order chi connectivity index (χ1) is 6.16. The lowest BCUT2D eigenvalue weighted by Crippen LogP contribution is -2.37. The number of unbranched alkanes of at least 4 members (excludes halogenated alkanes) is 1. The molecular weight excluding hydrogens is 172 g/mol. The smallest absolute Gasteiger partial charge is 0.322 e. The van der Waals surface area contributed by atoms with Crippen LogP contribution in [0.2, 0.25) is 0 Å². The number of carboxylic acids is 1. The van der Waals surface area contributed by atoms with Gasteiger partial charge in [-0.25, -0.2) is 0 Å². The Bertz CT molecular complexity index is 171. The van der Waals surface area contributed by atoms with Crippen LogP contribution in [0.15, 0.2) is 0 Å². The summed E-state index contributed by atoms with van der Waals surface area (Å²) < 4.78 is 0. The summed E-state index contributed by atoms with van der Waals surface area (Å²) in [5, 5.41) is 13.4. The summed E-state index contributed by atoms with van der Waals surface area (Å²) in [6.45, 7) is 2.73. The third-order valence-corrected chi connectivity index (χ3v) is 1.43. The summed E-state index contributed by atoms with van der Waals surface area (Å²) in [6, 6.07) is 0. The molecule has 5 heteroatoms. The first-order valence-corrected chi connectivity index (χ1v) is 4.36. The predicted molar refractivity (Wildman–Crippen MR) is 48.4 cm³/mol. The minimum absolute atomic E-state index is 0.188. The summed E-state index contributed by atoms with van der Waals surface area (Å²) in [7, 11) is 0. The van der Waals surface area contributed by atoms with E-state index in [4.69, 9.17) is 5.11 Å². The van der Waals surface area contributed by atoms with E-state index in [0.717, 1.165) is 19.4 Å². The summed E-state index contributed by atoms with van der Waals surface area (Å²) in [6.07, 6.45) is 2.09. The highest BCUT2D eigenvalue weighted by Crippen LogP contribution is 1.81. The monoisotopic (exact) mass is 188 g/mol. The maximum atomic E-state index is 10.9. The summed E-state index contributed by atoms with van der Waals surface area (Å²) in [5.74, 6) is -1.31. The van der Waals surface area contributed by atoms with Crippen LogP contribution in [0.1, 0.15) is 19.8 Å². The molecule has 0 heterocycles. The number of carboxylic acid groups (broad SMARTS) is 1. The number of amides is 1. The predicted octanol–water partition coefficient (Wildman–Crippen LogP) is -0.423. The summed E-state index contributed by atoms with van der Waals surface area (Å²) in [5.41, 5.74) is 0. The van der Waals surface area contributed by atoms with E-state index in [9.17, 15) is 9.59 Å². The molecule has 0 radical (unpaired) electrons. The van der Waals surface area contributed by atoms with E-state index in [0.29, 0.717) is 0 Å². The zero-order valence-corrected chi connectivity index (χ0v) is 7.80. The van der Waals surface area contributed by atoms with Crippen LogP contribution in [-0.2, 0) is 9.59 Å². The Labute approximate surface area is 77.5 Å². The molecule has 0 saturated heterocycles. The van der Waals surface area contributed by atoms with Crippen LogP contribution >= 0.6 is 0 Å². The second-order valence-electron chi connectivity index (χ2n) is 2.70. The maximum Gasteiger partial charge on any atom is 0.322 e. The van der Waals surface area contributed by atoms with E-state index < -0.39 is 5.97 Å². The maximum absolute atomic E-state index is 10.9. The van der Waals surface area contributed by atoms with Gasteiger partial charge in [0.15, 0.2) is 0 Å². The Kier molecular flexibility index (Phi) is 6.91. The van der Waals surface area contributed by atoms with Crippen molar-refractivity contribution >= 4 is 11.9 Å². The molecular formula is C8H16N2O3. The van der Waals surface area contributed by atoms with Gasteiger partial charge in [-0.3, -0.25) is 9.59 Å². The van der Waals surface area contributed by atoms with Gasteiger partial charge in [-0.2, -0.15) is 0 Å². The highest BCUT2D eigenvalue weighted by molar-refractivity contribution is 5.82. The molecule has 0 aromatic rings. The average molecular weight is 188 g/mol. The third-order valence-electron chi connectivity index (χ3n) is 1.43. The number of carbonyl (C=O) groups is 2. The molecule has 0 aliphatic rings. The van der Waals surface area contributed by atoms with Crippen LogP contribution in [0.3, 0.4) is 0 Å². The molecule has 0 rings (SSSR count). The first kappa shape index (κ1) is 11.9. The highest BCUT2D eigenvalue weighted by atomic mass is 16.4. The van der Waals surface area contributed by atoms with Crippen molar-refractivity contribution in [2.24, 2.45) is 0 Å². The molecule has 3 N–H and O–H groups in total. The Morgan fingerprint density at radius 2 is 2.00 bits per heavy atom. The van der Waals surface area contributed by atoms with E-state index in [1.165, 1.54) is 0 Å². The molecule has 76 valence electrons. The normalized spacial score (nSPS) is 9.62. The molecule has 0 aliphatic carbocycles. The van der Waals surface area contributed by atoms with Crippen LogP contribution in [0, 0.1) is 0 Å². The summed E-state index contributed by atoms with van der Waals surface area (Å²) >= 11 is 0. The second-order valence-corrected chi connectivity index (χ2v) is 2.70. The van der Waals surface area contributed by atoms with E-state index >= 15 is 0 Å². The van der Waals surface area contributed by atoms with Gasteiger partial charge in [0.05, 0.1) is 6.54 Å². The lowest BCUT2D eigenvalue weighted by atomic mass is 10.3. The second kappa shape index (κ2) is 7.54. The van der Waals surface area contributed by atoms with Crippen LogP contribution in [-0.4, -0.2) is 36.6 Å². The van der Waals surface area contributed by atoms with Crippen molar-refractivity contribution in [1.29, 1.82) is 0 Å². The van der Waals surface area contributed by atoms with Crippen molar-refractivity contribution in [1.82, 2.24) is 10.6 Å². The van der Waals surface area contributed by atoms with Crippen molar-refractivity contribution in [2.45, 2.75) is 19.8 Å². The Morgan fingerprint density at radius 1 is 1.31 bits per heavy atom. The molecule has 0 spiro atoms. The molecule has 0 fully saturated rings. The number of aliphatic carboxylic acids is 1. The van der Waals surface area contributed by atoms with Crippen molar-refractivity contribution in [3.63, 3.8) is 0 Å². The number of hydrogen-bond acceptors (Lipinski definition) is 3. The van der Waals surface area contributed by atoms with Gasteiger partial charge in [0.1, 0.15) is 6.54 Å². The quantitative estimate of drug-likeness (QED) is 0.474. The zero-order chi connectivity index (χ0) is 10.1. The molecule has 0 aromatic heterocycles. The van der Waals surface area contributed by atoms with Gasteiger partial charge in [-0.1, -0.05) is 13.3 Å². The van der Waals surface area contributed by atoms with Crippen molar-refractivity contribution < 1.29 is 14.7 Å². The molecule has 13 heavy (non-hydrogen) atoms. The van der Waals surface area contributed by atoms with Gasteiger partial charge in [0.25, 0.3) is 0 Å². The Morgan fingerprint density at radius 3 is 2.54 bits per heavy atom. The molecule has 0 aliphatic heterocycles. The van der Waals surface area contributed by atoms with E-state index in [2.05, 4.69) is 17.6 Å². The van der Waals surface area contributed by atoms with Gasteiger partial charge in [-0.15, -0.1) is 0 Å². The van der Waals surface area contributed by atoms with Gasteiger partial charge in [0.2, 0.25) is 5.91 Å².